The molecule has 1 rings (SSSR count). The van der Waals surface area contributed by atoms with Crippen LogP contribution in [-0.2, 0) is 0 Å². The van der Waals surface area contributed by atoms with Crippen LogP contribution in [0.4, 0.5) is 24.5 Å². The molecule has 1 aromatic rings. The summed E-state index contributed by atoms with van der Waals surface area (Å²) in [5.41, 5.74) is 10.4. The molecule has 0 bridgehead atoms. The lowest BCUT2D eigenvalue weighted by Gasteiger charge is -2.13. The molecule has 0 aromatic heterocycles. The van der Waals surface area contributed by atoms with Crippen LogP contribution in [0.1, 0.15) is 0 Å². The molecule has 3 nitrogen and oxygen atoms in total. The largest absolute Gasteiger partial charge is 0.573 e. The summed E-state index contributed by atoms with van der Waals surface area (Å²) in [5.74, 6) is -0.516. The molecule has 0 atom stereocenters. The first-order valence-electron chi connectivity index (χ1n) is 3.40. The molecule has 0 radical (unpaired) electrons. The lowest BCUT2D eigenvalue weighted by molar-refractivity contribution is -0.274. The van der Waals surface area contributed by atoms with Crippen molar-refractivity contribution in [1.29, 1.82) is 0 Å². The third-order valence-electron chi connectivity index (χ3n) is 1.40. The Labute approximate surface area is 86.0 Å². The van der Waals surface area contributed by atoms with Crippen LogP contribution in [0.5, 0.6) is 5.75 Å². The molecule has 0 spiro atoms. The number of ether oxygens (including phenoxy) is 1. The summed E-state index contributed by atoms with van der Waals surface area (Å²) in [4.78, 5) is 0. The van der Waals surface area contributed by atoms with Crippen LogP contribution >= 0.6 is 15.9 Å². The minimum Gasteiger partial charge on any atom is -0.402 e. The van der Waals surface area contributed by atoms with Gasteiger partial charge in [-0.2, -0.15) is 0 Å². The van der Waals surface area contributed by atoms with Crippen molar-refractivity contribution in [3.05, 3.63) is 16.6 Å². The maximum absolute atomic E-state index is 11.9. The molecule has 4 N–H and O–H groups in total. The van der Waals surface area contributed by atoms with Gasteiger partial charge < -0.3 is 16.2 Å². The van der Waals surface area contributed by atoms with Gasteiger partial charge >= 0.3 is 6.36 Å². The predicted molar refractivity (Wildman–Crippen MR) is 49.6 cm³/mol. The topological polar surface area (TPSA) is 61.3 Å². The minimum atomic E-state index is -4.79. The highest BCUT2D eigenvalue weighted by atomic mass is 79.9. The highest BCUT2D eigenvalue weighted by Crippen LogP contribution is 2.38. The minimum absolute atomic E-state index is 0.0347. The van der Waals surface area contributed by atoms with Crippen molar-refractivity contribution < 1.29 is 17.9 Å². The Hall–Kier alpha value is -1.11. The molecule has 0 amide bonds. The number of alkyl halides is 3. The van der Waals surface area contributed by atoms with Gasteiger partial charge in [0.2, 0.25) is 0 Å². The monoisotopic (exact) mass is 270 g/mol. The Morgan fingerprint density at radius 3 is 2.29 bits per heavy atom. The molecule has 1 aromatic carbocycles. The Balaban J connectivity index is 3.13. The van der Waals surface area contributed by atoms with E-state index in [-0.39, 0.29) is 15.8 Å². The SMILES string of the molecule is Nc1ccc(Br)c(OC(F)(F)F)c1N. The fourth-order valence-corrected chi connectivity index (χ4v) is 1.23. The number of benzene rings is 1. The van der Waals surface area contributed by atoms with E-state index in [1.807, 2.05) is 0 Å². The summed E-state index contributed by atoms with van der Waals surface area (Å²) in [5, 5.41) is 0. The van der Waals surface area contributed by atoms with Gasteiger partial charge in [0.1, 0.15) is 0 Å². The van der Waals surface area contributed by atoms with E-state index in [2.05, 4.69) is 20.7 Å². The molecule has 14 heavy (non-hydrogen) atoms. The average molecular weight is 271 g/mol. The number of rotatable bonds is 1. The fraction of sp³-hybridized carbons (Fsp3) is 0.143. The van der Waals surface area contributed by atoms with Crippen LogP contribution in [-0.4, -0.2) is 6.36 Å². The van der Waals surface area contributed by atoms with Gasteiger partial charge in [0.25, 0.3) is 0 Å². The Kier molecular flexibility index (Phi) is 2.79. The molecule has 0 aliphatic carbocycles. The quantitative estimate of drug-likeness (QED) is 0.771. The van der Waals surface area contributed by atoms with Crippen LogP contribution in [0.25, 0.3) is 0 Å². The second-order valence-electron chi connectivity index (χ2n) is 2.43. The Morgan fingerprint density at radius 2 is 1.79 bits per heavy atom. The Morgan fingerprint density at radius 1 is 1.21 bits per heavy atom. The van der Waals surface area contributed by atoms with Crippen LogP contribution in [0, 0.1) is 0 Å². The van der Waals surface area contributed by atoms with E-state index in [0.29, 0.717) is 0 Å². The number of anilines is 2. The first kappa shape index (κ1) is 11.0. The lowest BCUT2D eigenvalue weighted by Crippen LogP contribution is -2.18. The van der Waals surface area contributed by atoms with Crippen molar-refractivity contribution in [3.63, 3.8) is 0 Å². The second-order valence-corrected chi connectivity index (χ2v) is 3.28. The van der Waals surface area contributed by atoms with Crippen LogP contribution in [0.3, 0.4) is 0 Å². The molecule has 0 heterocycles. The maximum Gasteiger partial charge on any atom is 0.573 e. The number of halogens is 4. The van der Waals surface area contributed by atoms with E-state index in [4.69, 9.17) is 11.5 Å². The van der Waals surface area contributed by atoms with Gasteiger partial charge in [0.15, 0.2) is 5.75 Å². The molecule has 0 aliphatic heterocycles. The summed E-state index contributed by atoms with van der Waals surface area (Å²) in [6.07, 6.45) is -4.79. The molecule has 0 unspecified atom stereocenters. The smallest absolute Gasteiger partial charge is 0.402 e. The highest BCUT2D eigenvalue weighted by molar-refractivity contribution is 9.10. The molecule has 0 saturated carbocycles. The van der Waals surface area contributed by atoms with E-state index in [9.17, 15) is 13.2 Å². The summed E-state index contributed by atoms with van der Waals surface area (Å²) < 4.78 is 39.5. The second kappa shape index (κ2) is 3.56. The van der Waals surface area contributed by atoms with Crippen molar-refractivity contribution in [1.82, 2.24) is 0 Å². The van der Waals surface area contributed by atoms with Crippen LogP contribution in [0.2, 0.25) is 0 Å². The highest BCUT2D eigenvalue weighted by Gasteiger charge is 2.33. The standard InChI is InChI=1S/C7H6BrF3N2O/c8-3-1-2-4(12)5(13)6(3)14-7(9,10)11/h1-2H,12-13H2. The van der Waals surface area contributed by atoms with Gasteiger partial charge in [-0.3, -0.25) is 0 Å². The molecule has 0 saturated heterocycles. The lowest BCUT2D eigenvalue weighted by atomic mass is 10.2. The molecule has 7 heteroatoms. The predicted octanol–water partition coefficient (Wildman–Crippen LogP) is 2.51. The van der Waals surface area contributed by atoms with Gasteiger partial charge in [0, 0.05) is 0 Å². The number of hydrogen-bond acceptors (Lipinski definition) is 3. The van der Waals surface area contributed by atoms with Gasteiger partial charge in [-0.15, -0.1) is 13.2 Å². The average Bonchev–Trinajstić information content (AvgIpc) is 2.04. The van der Waals surface area contributed by atoms with Crippen molar-refractivity contribution in [2.75, 3.05) is 11.5 Å². The summed E-state index contributed by atoms with van der Waals surface area (Å²) in [6.45, 7) is 0. The van der Waals surface area contributed by atoms with Crippen LogP contribution in [0.15, 0.2) is 16.6 Å². The third kappa shape index (κ3) is 2.44. The summed E-state index contributed by atoms with van der Waals surface area (Å²) >= 11 is 2.87. The fourth-order valence-electron chi connectivity index (χ4n) is 0.808. The van der Waals surface area contributed by atoms with Gasteiger partial charge in [0.05, 0.1) is 15.8 Å². The van der Waals surface area contributed by atoms with Crippen molar-refractivity contribution >= 4 is 27.3 Å². The number of nitrogen functional groups attached to an aromatic ring is 2. The molecule has 0 fully saturated rings. The first-order valence-corrected chi connectivity index (χ1v) is 4.20. The summed E-state index contributed by atoms with van der Waals surface area (Å²) in [7, 11) is 0. The van der Waals surface area contributed by atoms with Gasteiger partial charge in [-0.25, -0.2) is 0 Å². The zero-order valence-electron chi connectivity index (χ0n) is 6.73. The van der Waals surface area contributed by atoms with E-state index in [0.717, 1.165) is 0 Å². The molecular weight excluding hydrogens is 265 g/mol. The number of hydrogen-bond donors (Lipinski definition) is 2. The van der Waals surface area contributed by atoms with Crippen molar-refractivity contribution in [2.24, 2.45) is 0 Å². The molecule has 0 aliphatic rings. The van der Waals surface area contributed by atoms with E-state index in [1.165, 1.54) is 12.1 Å². The summed E-state index contributed by atoms with van der Waals surface area (Å²) in [6, 6.07) is 2.70. The number of nitrogens with two attached hydrogens (primary N) is 2. The van der Waals surface area contributed by atoms with E-state index < -0.39 is 12.1 Å². The maximum atomic E-state index is 11.9. The normalized spacial score (nSPS) is 11.4. The Bertz CT molecular complexity index is 354. The molecule has 78 valence electrons. The van der Waals surface area contributed by atoms with Gasteiger partial charge in [-0.1, -0.05) is 0 Å². The first-order chi connectivity index (χ1) is 6.31. The van der Waals surface area contributed by atoms with Crippen molar-refractivity contribution in [2.45, 2.75) is 6.36 Å². The molecular formula is C7H6BrF3N2O. The third-order valence-corrected chi connectivity index (χ3v) is 2.02. The van der Waals surface area contributed by atoms with E-state index >= 15 is 0 Å². The van der Waals surface area contributed by atoms with Crippen LogP contribution < -0.4 is 16.2 Å². The van der Waals surface area contributed by atoms with E-state index in [1.54, 1.807) is 0 Å². The zero-order valence-corrected chi connectivity index (χ0v) is 8.32. The zero-order chi connectivity index (χ0) is 10.9. The van der Waals surface area contributed by atoms with Gasteiger partial charge in [-0.05, 0) is 28.1 Å². The van der Waals surface area contributed by atoms with Crippen molar-refractivity contribution in [3.8, 4) is 5.75 Å².